The molecule has 0 unspecified atom stereocenters. The number of ether oxygens (including phenoxy) is 2. The second-order valence-electron chi connectivity index (χ2n) is 10.7. The molecule has 8 rings (SSSR count). The van der Waals surface area contributed by atoms with Crippen molar-refractivity contribution in [2.24, 2.45) is 5.92 Å². The van der Waals surface area contributed by atoms with E-state index in [0.29, 0.717) is 19.4 Å². The van der Waals surface area contributed by atoms with Gasteiger partial charge in [0.1, 0.15) is 12.3 Å². The van der Waals surface area contributed by atoms with E-state index in [1.807, 2.05) is 26.0 Å². The highest BCUT2D eigenvalue weighted by molar-refractivity contribution is 6.31. The number of nitrogens with one attached hydrogen (secondary N) is 1. The SMILES string of the molecule is C=CCC#C[C@@H]1C[C@H]2O[C@@](C)([C@@H]1OC)n1c3ccccc3c3c4c(c5c6ccccc6n2c5c31)C(=O)NC4.CC.[HH]. The minimum atomic E-state index is -0.829. The number of allylic oxidation sites excluding steroid dienone is 1. The summed E-state index contributed by atoms with van der Waals surface area (Å²) in [5, 5.41) is 7.44. The fourth-order valence-corrected chi connectivity index (χ4v) is 7.46. The Morgan fingerprint density at radius 1 is 1.12 bits per heavy atom. The first kappa shape index (κ1) is 25.0. The van der Waals surface area contributed by atoms with Crippen LogP contribution >= 0.6 is 0 Å². The minimum Gasteiger partial charge on any atom is -0.375 e. The maximum Gasteiger partial charge on any atom is 0.252 e. The van der Waals surface area contributed by atoms with Crippen LogP contribution in [-0.2, 0) is 21.7 Å². The van der Waals surface area contributed by atoms with E-state index in [1.165, 1.54) is 0 Å². The lowest BCUT2D eigenvalue weighted by Gasteiger charge is -2.47. The van der Waals surface area contributed by atoms with Crippen LogP contribution in [0.3, 0.4) is 0 Å². The molecule has 6 nitrogen and oxygen atoms in total. The summed E-state index contributed by atoms with van der Waals surface area (Å²) in [4.78, 5) is 13.4. The zero-order valence-corrected chi connectivity index (χ0v) is 23.4. The van der Waals surface area contributed by atoms with E-state index in [9.17, 15) is 4.79 Å². The lowest BCUT2D eigenvalue weighted by Crippen LogP contribution is -2.53. The van der Waals surface area contributed by atoms with Crippen LogP contribution in [0.15, 0.2) is 61.2 Å². The van der Waals surface area contributed by atoms with E-state index in [2.05, 4.69) is 82.3 Å². The van der Waals surface area contributed by atoms with Gasteiger partial charge in [-0.2, -0.15) is 0 Å². The molecule has 0 aliphatic carbocycles. The summed E-state index contributed by atoms with van der Waals surface area (Å²) in [6.45, 7) is 10.5. The van der Waals surface area contributed by atoms with E-state index in [1.54, 1.807) is 7.11 Å². The molecule has 5 aromatic rings. The van der Waals surface area contributed by atoms with Crippen molar-refractivity contribution in [1.82, 2.24) is 14.5 Å². The molecule has 4 atom stereocenters. The van der Waals surface area contributed by atoms with Crippen molar-refractivity contribution in [3.63, 3.8) is 0 Å². The molecule has 0 saturated carbocycles. The van der Waals surface area contributed by atoms with Crippen molar-refractivity contribution < 1.29 is 15.7 Å². The second kappa shape index (κ2) is 8.99. The Bertz CT molecular complexity index is 1940. The largest absolute Gasteiger partial charge is 0.375 e. The van der Waals surface area contributed by atoms with E-state index in [0.717, 1.165) is 54.7 Å². The van der Waals surface area contributed by atoms with E-state index in [4.69, 9.17) is 9.47 Å². The van der Waals surface area contributed by atoms with Crippen LogP contribution < -0.4 is 5.32 Å². The van der Waals surface area contributed by atoms with Crippen LogP contribution in [0.25, 0.3) is 43.6 Å². The zero-order valence-electron chi connectivity index (χ0n) is 23.4. The zero-order chi connectivity index (χ0) is 27.8. The number of methoxy groups -OCH3 is 1. The van der Waals surface area contributed by atoms with Gasteiger partial charge in [0.15, 0.2) is 5.72 Å². The minimum absolute atomic E-state index is 0. The van der Waals surface area contributed by atoms with Crippen LogP contribution in [0.5, 0.6) is 0 Å². The number of carbonyl (C=O) groups excluding carboxylic acids is 1. The number of benzene rings is 3. The molecule has 0 radical (unpaired) electrons. The third kappa shape index (κ3) is 2.99. The normalized spacial score (nSPS) is 24.4. The molecule has 6 heteroatoms. The standard InChI is InChI=1S/C32H27N3O3.C2H6.H2/c1-4-5-6-11-18-16-24-34-22-14-9-7-12-19(22)26-27-21(17-33-31(27)36)25-20-13-8-10-15-23(20)35(29(25)28(26)34)32(2,38-24)30(18)37-3;1-2;/h4,7-10,12-15,18,24,30H,1,5,16-17H2,2-3H3,(H,33,36);1-2H3;1H/t18-,24-,30-,32+;;/m1../s1. The number of carbonyl (C=O) groups is 1. The third-order valence-electron chi connectivity index (χ3n) is 8.76. The molecule has 40 heavy (non-hydrogen) atoms. The third-order valence-corrected chi connectivity index (χ3v) is 8.76. The molecule has 5 heterocycles. The molecular formula is C34H35N3O3. The summed E-state index contributed by atoms with van der Waals surface area (Å²) in [7, 11) is 1.76. The molecule has 1 N–H and O–H groups in total. The molecule has 2 bridgehead atoms. The summed E-state index contributed by atoms with van der Waals surface area (Å²) < 4.78 is 18.1. The van der Waals surface area contributed by atoms with Gasteiger partial charge in [0.25, 0.3) is 5.91 Å². The van der Waals surface area contributed by atoms with Crippen LogP contribution in [-0.4, -0.2) is 28.3 Å². The van der Waals surface area contributed by atoms with Gasteiger partial charge >= 0.3 is 0 Å². The molecular weight excluding hydrogens is 498 g/mol. The molecule has 3 aliphatic heterocycles. The van der Waals surface area contributed by atoms with E-state index < -0.39 is 5.72 Å². The Labute approximate surface area is 235 Å². The molecule has 0 spiro atoms. The average Bonchev–Trinajstić information content (AvgIpc) is 3.62. The van der Waals surface area contributed by atoms with Crippen molar-refractivity contribution in [1.29, 1.82) is 0 Å². The Morgan fingerprint density at radius 3 is 2.55 bits per heavy atom. The summed E-state index contributed by atoms with van der Waals surface area (Å²) in [6.07, 6.45) is 2.57. The number of hydrogen-bond acceptors (Lipinski definition) is 3. The van der Waals surface area contributed by atoms with Crippen LogP contribution in [0.2, 0.25) is 0 Å². The van der Waals surface area contributed by atoms with Crippen molar-refractivity contribution in [3.8, 4) is 11.8 Å². The molecule has 3 aromatic carbocycles. The molecule has 3 aliphatic rings. The number of amides is 1. The predicted octanol–water partition coefficient (Wildman–Crippen LogP) is 7.23. The van der Waals surface area contributed by atoms with Gasteiger partial charge in [-0.05, 0) is 24.6 Å². The van der Waals surface area contributed by atoms with E-state index in [-0.39, 0.29) is 25.6 Å². The molecule has 1 fully saturated rings. The van der Waals surface area contributed by atoms with Crippen LogP contribution in [0, 0.1) is 17.8 Å². The number of rotatable bonds is 2. The first-order valence-electron chi connectivity index (χ1n) is 14.2. The smallest absolute Gasteiger partial charge is 0.252 e. The Kier molecular flexibility index (Phi) is 5.61. The molecule has 2 aromatic heterocycles. The van der Waals surface area contributed by atoms with Crippen molar-refractivity contribution in [2.75, 3.05) is 7.11 Å². The molecule has 204 valence electrons. The average molecular weight is 534 g/mol. The number of fused-ring (bicyclic) bond motifs is 13. The molecule has 1 amide bonds. The summed E-state index contributed by atoms with van der Waals surface area (Å²) in [5.41, 5.74) is 5.30. The lowest BCUT2D eigenvalue weighted by molar-refractivity contribution is -0.259. The summed E-state index contributed by atoms with van der Waals surface area (Å²) in [5.74, 6) is 6.74. The summed E-state index contributed by atoms with van der Waals surface area (Å²) >= 11 is 0. The van der Waals surface area contributed by atoms with E-state index >= 15 is 0 Å². The summed E-state index contributed by atoms with van der Waals surface area (Å²) in [6, 6.07) is 16.8. The van der Waals surface area contributed by atoms with Gasteiger partial charge in [-0.3, -0.25) is 4.79 Å². The molecule has 1 saturated heterocycles. The van der Waals surface area contributed by atoms with Crippen LogP contribution in [0.1, 0.15) is 57.2 Å². The van der Waals surface area contributed by atoms with Gasteiger partial charge in [0.05, 0.1) is 33.5 Å². The predicted molar refractivity (Wildman–Crippen MR) is 162 cm³/mol. The number of hydrogen-bond donors (Lipinski definition) is 1. The Morgan fingerprint density at radius 2 is 1.82 bits per heavy atom. The fourth-order valence-electron chi connectivity index (χ4n) is 7.46. The lowest BCUT2D eigenvalue weighted by atomic mass is 9.87. The van der Waals surface area contributed by atoms with Gasteiger partial charge in [-0.25, -0.2) is 0 Å². The van der Waals surface area contributed by atoms with Gasteiger partial charge in [-0.15, -0.1) is 6.58 Å². The quantitative estimate of drug-likeness (QED) is 0.192. The van der Waals surface area contributed by atoms with Crippen LogP contribution in [0.4, 0.5) is 0 Å². The highest BCUT2D eigenvalue weighted by Crippen LogP contribution is 2.54. The van der Waals surface area contributed by atoms with Gasteiger partial charge in [0.2, 0.25) is 0 Å². The Hall–Kier alpha value is -4.05. The first-order valence-corrected chi connectivity index (χ1v) is 14.2. The topological polar surface area (TPSA) is 57.4 Å². The maximum atomic E-state index is 13.4. The number of aromatic nitrogens is 2. The Balaban J connectivity index is 0.000000987. The van der Waals surface area contributed by atoms with Crippen molar-refractivity contribution in [3.05, 3.63) is 72.3 Å². The second-order valence-corrected chi connectivity index (χ2v) is 10.7. The maximum absolute atomic E-state index is 13.4. The highest BCUT2D eigenvalue weighted by Gasteiger charge is 2.53. The van der Waals surface area contributed by atoms with Crippen molar-refractivity contribution >= 4 is 49.5 Å². The van der Waals surface area contributed by atoms with Crippen molar-refractivity contribution in [2.45, 2.75) is 58.2 Å². The van der Waals surface area contributed by atoms with Gasteiger partial charge < -0.3 is 23.9 Å². The monoisotopic (exact) mass is 533 g/mol. The van der Waals surface area contributed by atoms with Gasteiger partial charge in [0, 0.05) is 49.5 Å². The fraction of sp³-hybridized carbons (Fsp3) is 0.324. The number of para-hydroxylation sites is 2. The number of nitrogens with zero attached hydrogens (tertiary/aromatic N) is 2. The first-order chi connectivity index (χ1) is 19.6. The van der Waals surface area contributed by atoms with Gasteiger partial charge in [-0.1, -0.05) is 68.2 Å². The highest BCUT2D eigenvalue weighted by atomic mass is 16.6.